The van der Waals surface area contributed by atoms with E-state index in [9.17, 15) is 14.0 Å². The molecule has 0 saturated carbocycles. The Morgan fingerprint density at radius 1 is 1.21 bits per heavy atom. The molecule has 1 aromatic heterocycles. The molecule has 0 spiro atoms. The van der Waals surface area contributed by atoms with Gasteiger partial charge in [0, 0.05) is 62.4 Å². The summed E-state index contributed by atoms with van der Waals surface area (Å²) in [6, 6.07) is 4.75. The number of aromatic nitrogens is 2. The van der Waals surface area contributed by atoms with Crippen LogP contribution >= 0.6 is 0 Å². The van der Waals surface area contributed by atoms with E-state index in [0.29, 0.717) is 37.7 Å². The van der Waals surface area contributed by atoms with Gasteiger partial charge in [-0.3, -0.25) is 15.0 Å². The second-order valence-corrected chi connectivity index (χ2v) is 8.12. The number of nitrogens with one attached hydrogen (secondary N) is 1. The average molecular weight is 456 g/mol. The number of ether oxygens (including phenoxy) is 2. The maximum absolute atomic E-state index is 14.9. The van der Waals surface area contributed by atoms with Crippen LogP contribution in [0.1, 0.15) is 12.0 Å². The molecule has 3 N–H and O–H groups in total. The van der Waals surface area contributed by atoms with Crippen molar-refractivity contribution in [2.75, 3.05) is 38.2 Å². The third-order valence-corrected chi connectivity index (χ3v) is 5.76. The fraction of sp³-hybridized carbons (Fsp3) is 0.409. The molecule has 1 aromatic carbocycles. The predicted octanol–water partition coefficient (Wildman–Crippen LogP) is 0.945. The number of amides is 1. The summed E-state index contributed by atoms with van der Waals surface area (Å²) in [5, 5.41) is 7.10. The van der Waals surface area contributed by atoms with Crippen molar-refractivity contribution in [3.8, 4) is 11.1 Å². The molecular weight excluding hydrogens is 431 g/mol. The number of methoxy groups -OCH3 is 1. The minimum Gasteiger partial charge on any atom is -0.460 e. The van der Waals surface area contributed by atoms with Crippen LogP contribution < -0.4 is 10.6 Å². The van der Waals surface area contributed by atoms with Crippen LogP contribution in [-0.4, -0.2) is 72.0 Å². The first kappa shape index (κ1) is 22.6. The highest BCUT2D eigenvalue weighted by Crippen LogP contribution is 2.28. The Hall–Kier alpha value is -3.60. The van der Waals surface area contributed by atoms with Crippen LogP contribution in [0.15, 0.2) is 30.6 Å². The maximum Gasteiger partial charge on any atom is 0.313 e. The first-order valence-electron chi connectivity index (χ1n) is 10.5. The summed E-state index contributed by atoms with van der Waals surface area (Å²) >= 11 is 0. The van der Waals surface area contributed by atoms with Crippen LogP contribution in [0.4, 0.5) is 10.3 Å². The van der Waals surface area contributed by atoms with Gasteiger partial charge in [0.1, 0.15) is 24.7 Å². The molecule has 11 heteroatoms. The molecule has 0 radical (unpaired) electrons. The Morgan fingerprint density at radius 2 is 1.91 bits per heavy atom. The molecule has 33 heavy (non-hydrogen) atoms. The lowest BCUT2D eigenvalue weighted by Gasteiger charge is -2.45. The van der Waals surface area contributed by atoms with Gasteiger partial charge in [0.15, 0.2) is 0 Å². The molecule has 2 aromatic rings. The average Bonchev–Trinajstić information content (AvgIpc) is 2.71. The standard InChI is InChI=1S/C22H25FN6O4/c1-32-16-10-28(11-16)21(31)15-8-29(9-15)22-26-6-14(7-27-22)17-4-2-3-13(20(17)23)12-33-19(30)5-18(24)25/h2-4,6-7,15-16H,5,8-12H2,1H3,(H3,24,25). The Morgan fingerprint density at radius 3 is 2.55 bits per heavy atom. The van der Waals surface area contributed by atoms with Crippen molar-refractivity contribution in [2.24, 2.45) is 11.7 Å². The number of halogens is 1. The molecule has 174 valence electrons. The number of esters is 1. The van der Waals surface area contributed by atoms with E-state index in [1.54, 1.807) is 24.1 Å². The zero-order chi connectivity index (χ0) is 23.5. The topological polar surface area (TPSA) is 135 Å². The first-order chi connectivity index (χ1) is 15.9. The highest BCUT2D eigenvalue weighted by Gasteiger charge is 2.40. The number of rotatable bonds is 8. The molecule has 2 aliphatic heterocycles. The lowest BCUT2D eigenvalue weighted by molar-refractivity contribution is -0.148. The van der Waals surface area contributed by atoms with Gasteiger partial charge in [0.2, 0.25) is 11.9 Å². The Balaban J connectivity index is 1.34. The Bertz CT molecular complexity index is 1050. The van der Waals surface area contributed by atoms with Crippen LogP contribution in [0.5, 0.6) is 0 Å². The summed E-state index contributed by atoms with van der Waals surface area (Å²) in [6.07, 6.45) is 2.85. The van der Waals surface area contributed by atoms with Crippen LogP contribution in [-0.2, 0) is 25.7 Å². The van der Waals surface area contributed by atoms with Gasteiger partial charge in [-0.05, 0) is 0 Å². The zero-order valence-electron chi connectivity index (χ0n) is 18.2. The number of nitrogens with two attached hydrogens (primary N) is 1. The molecular formula is C22H25FN6O4. The second-order valence-electron chi connectivity index (χ2n) is 8.12. The molecule has 0 atom stereocenters. The summed E-state index contributed by atoms with van der Waals surface area (Å²) in [7, 11) is 1.65. The number of likely N-dealkylation sites (tertiary alicyclic amines) is 1. The third-order valence-electron chi connectivity index (χ3n) is 5.76. The minimum absolute atomic E-state index is 0.0779. The summed E-state index contributed by atoms with van der Waals surface area (Å²) in [5.74, 6) is -1.02. The van der Waals surface area contributed by atoms with E-state index in [4.69, 9.17) is 20.6 Å². The molecule has 2 aliphatic rings. The van der Waals surface area contributed by atoms with Crippen LogP contribution in [0, 0.1) is 17.1 Å². The maximum atomic E-state index is 14.9. The van der Waals surface area contributed by atoms with Crippen LogP contribution in [0.3, 0.4) is 0 Å². The van der Waals surface area contributed by atoms with E-state index in [0.717, 1.165) is 0 Å². The summed E-state index contributed by atoms with van der Waals surface area (Å²) in [6.45, 7) is 2.09. The molecule has 4 rings (SSSR count). The van der Waals surface area contributed by atoms with Crippen molar-refractivity contribution >= 4 is 23.7 Å². The zero-order valence-corrected chi connectivity index (χ0v) is 18.2. The number of carbonyl (C=O) groups excluding carboxylic acids is 2. The number of nitrogens with zero attached hydrogens (tertiary/aromatic N) is 4. The minimum atomic E-state index is -0.695. The van der Waals surface area contributed by atoms with Crippen molar-refractivity contribution in [3.63, 3.8) is 0 Å². The van der Waals surface area contributed by atoms with Gasteiger partial charge < -0.3 is 25.0 Å². The van der Waals surface area contributed by atoms with Gasteiger partial charge in [0.05, 0.1) is 12.0 Å². The molecule has 10 nitrogen and oxygen atoms in total. The van der Waals surface area contributed by atoms with Crippen molar-refractivity contribution in [3.05, 3.63) is 42.0 Å². The van der Waals surface area contributed by atoms with Gasteiger partial charge in [-0.2, -0.15) is 0 Å². The van der Waals surface area contributed by atoms with Gasteiger partial charge in [-0.15, -0.1) is 0 Å². The van der Waals surface area contributed by atoms with Crippen LogP contribution in [0.2, 0.25) is 0 Å². The fourth-order valence-corrected chi connectivity index (χ4v) is 3.73. The smallest absolute Gasteiger partial charge is 0.313 e. The lowest BCUT2D eigenvalue weighted by atomic mass is 9.96. The number of anilines is 1. The van der Waals surface area contributed by atoms with Crippen molar-refractivity contribution in [2.45, 2.75) is 19.1 Å². The van der Waals surface area contributed by atoms with Gasteiger partial charge in [-0.1, -0.05) is 18.2 Å². The summed E-state index contributed by atoms with van der Waals surface area (Å²) in [5.41, 5.74) is 6.12. The fourth-order valence-electron chi connectivity index (χ4n) is 3.73. The van der Waals surface area contributed by atoms with E-state index < -0.39 is 11.8 Å². The first-order valence-corrected chi connectivity index (χ1v) is 10.5. The van der Waals surface area contributed by atoms with E-state index in [2.05, 4.69) is 9.97 Å². The molecule has 1 amide bonds. The number of hydrogen-bond donors (Lipinski definition) is 2. The van der Waals surface area contributed by atoms with E-state index in [-0.39, 0.29) is 47.9 Å². The summed E-state index contributed by atoms with van der Waals surface area (Å²) in [4.78, 5) is 36.3. The molecule has 2 fully saturated rings. The van der Waals surface area contributed by atoms with E-state index >= 15 is 0 Å². The number of carbonyl (C=O) groups is 2. The highest BCUT2D eigenvalue weighted by atomic mass is 19.1. The normalized spacial score (nSPS) is 16.2. The third kappa shape index (κ3) is 4.92. The SMILES string of the molecule is COC1CN(C(=O)C2CN(c3ncc(-c4cccc(COC(=O)CC(=N)N)c4F)cn3)C2)C1. The highest BCUT2D eigenvalue weighted by molar-refractivity contribution is 5.94. The largest absolute Gasteiger partial charge is 0.460 e. The molecule has 3 heterocycles. The van der Waals surface area contributed by atoms with E-state index in [1.165, 1.54) is 18.5 Å². The van der Waals surface area contributed by atoms with Crippen molar-refractivity contribution in [1.29, 1.82) is 5.41 Å². The molecule has 2 saturated heterocycles. The number of benzene rings is 1. The van der Waals surface area contributed by atoms with Crippen molar-refractivity contribution in [1.82, 2.24) is 14.9 Å². The Kier molecular flexibility index (Phi) is 6.50. The molecule has 0 aliphatic carbocycles. The summed E-state index contributed by atoms with van der Waals surface area (Å²) < 4.78 is 25.1. The second kappa shape index (κ2) is 9.49. The van der Waals surface area contributed by atoms with Crippen molar-refractivity contribution < 1.29 is 23.5 Å². The monoisotopic (exact) mass is 456 g/mol. The number of hydrogen-bond acceptors (Lipinski definition) is 8. The van der Waals surface area contributed by atoms with Gasteiger partial charge in [-0.25, -0.2) is 14.4 Å². The molecule has 0 bridgehead atoms. The quantitative estimate of drug-likeness (QED) is 0.341. The molecule has 0 unspecified atom stereocenters. The van der Waals surface area contributed by atoms with Gasteiger partial charge >= 0.3 is 5.97 Å². The number of amidine groups is 1. The Labute approximate surface area is 190 Å². The van der Waals surface area contributed by atoms with Crippen LogP contribution in [0.25, 0.3) is 11.1 Å². The van der Waals surface area contributed by atoms with E-state index in [1.807, 2.05) is 4.90 Å². The lowest BCUT2D eigenvalue weighted by Crippen LogP contribution is -2.61. The predicted molar refractivity (Wildman–Crippen MR) is 117 cm³/mol. The van der Waals surface area contributed by atoms with Gasteiger partial charge in [0.25, 0.3) is 0 Å².